The highest BCUT2D eigenvalue weighted by Crippen LogP contribution is 2.10. The lowest BCUT2D eigenvalue weighted by atomic mass is 10.1. The van der Waals surface area contributed by atoms with Crippen LogP contribution in [-0.4, -0.2) is 49.1 Å². The maximum atomic E-state index is 11.5. The molecule has 96 valence electrons. The standard InChI is InChI=1S/C10H16N2O5/c1-16-5-3-2-4-11-9(13)8-6-7(10(14)15)12-17-8/h8H,2-6H2,1H3,(H,11,13)(H,14,15). The number of nitrogens with one attached hydrogen (secondary N) is 1. The minimum Gasteiger partial charge on any atom is -0.477 e. The number of hydrogen-bond donors (Lipinski definition) is 2. The second kappa shape index (κ2) is 6.85. The topological polar surface area (TPSA) is 97.2 Å². The van der Waals surface area contributed by atoms with E-state index in [1.54, 1.807) is 7.11 Å². The van der Waals surface area contributed by atoms with Gasteiger partial charge >= 0.3 is 5.97 Å². The predicted octanol–water partition coefficient (Wildman–Crippen LogP) is -0.241. The van der Waals surface area contributed by atoms with Crippen LogP contribution in [0.25, 0.3) is 0 Å². The van der Waals surface area contributed by atoms with Crippen LogP contribution in [0.4, 0.5) is 0 Å². The van der Waals surface area contributed by atoms with Gasteiger partial charge in [0.05, 0.1) is 0 Å². The molecule has 0 aromatic heterocycles. The van der Waals surface area contributed by atoms with Crippen LogP contribution < -0.4 is 5.32 Å². The fourth-order valence-corrected chi connectivity index (χ4v) is 1.34. The van der Waals surface area contributed by atoms with E-state index in [2.05, 4.69) is 10.5 Å². The maximum absolute atomic E-state index is 11.5. The van der Waals surface area contributed by atoms with Crippen molar-refractivity contribution < 1.29 is 24.3 Å². The molecule has 0 aromatic rings. The van der Waals surface area contributed by atoms with E-state index < -0.39 is 12.1 Å². The molecule has 1 atom stereocenters. The molecule has 0 spiro atoms. The van der Waals surface area contributed by atoms with E-state index in [4.69, 9.17) is 14.7 Å². The highest BCUT2D eigenvalue weighted by atomic mass is 16.6. The van der Waals surface area contributed by atoms with Gasteiger partial charge in [0.1, 0.15) is 0 Å². The Hall–Kier alpha value is -1.63. The summed E-state index contributed by atoms with van der Waals surface area (Å²) < 4.78 is 4.87. The number of unbranched alkanes of at least 4 members (excludes halogenated alkanes) is 1. The fraction of sp³-hybridized carbons (Fsp3) is 0.700. The molecule has 7 nitrogen and oxygen atoms in total. The zero-order valence-corrected chi connectivity index (χ0v) is 9.64. The molecule has 0 fully saturated rings. The number of carboxylic acid groups (broad SMARTS) is 1. The first kappa shape index (κ1) is 13.4. The number of nitrogens with zero attached hydrogens (tertiary/aromatic N) is 1. The van der Waals surface area contributed by atoms with Crippen molar-refractivity contribution >= 4 is 17.6 Å². The molecular weight excluding hydrogens is 228 g/mol. The second-order valence-electron chi connectivity index (χ2n) is 3.63. The summed E-state index contributed by atoms with van der Waals surface area (Å²) in [5, 5.41) is 14.6. The van der Waals surface area contributed by atoms with Gasteiger partial charge < -0.3 is 20.0 Å². The lowest BCUT2D eigenvalue weighted by Crippen LogP contribution is -2.35. The fourth-order valence-electron chi connectivity index (χ4n) is 1.34. The molecule has 0 aliphatic carbocycles. The first-order chi connectivity index (χ1) is 8.15. The zero-order chi connectivity index (χ0) is 12.7. The number of amides is 1. The lowest BCUT2D eigenvalue weighted by molar-refractivity contribution is -0.131. The Morgan fingerprint density at radius 3 is 2.94 bits per heavy atom. The molecule has 0 radical (unpaired) electrons. The van der Waals surface area contributed by atoms with E-state index in [0.29, 0.717) is 13.2 Å². The molecule has 0 saturated carbocycles. The van der Waals surface area contributed by atoms with Gasteiger partial charge in [0.2, 0.25) is 6.10 Å². The van der Waals surface area contributed by atoms with Gasteiger partial charge in [0.15, 0.2) is 5.71 Å². The van der Waals surface area contributed by atoms with Crippen LogP contribution in [0.2, 0.25) is 0 Å². The zero-order valence-electron chi connectivity index (χ0n) is 9.64. The Balaban J connectivity index is 2.16. The minimum atomic E-state index is -1.15. The Bertz CT molecular complexity index is 316. The van der Waals surface area contributed by atoms with Gasteiger partial charge in [-0.25, -0.2) is 4.79 Å². The molecule has 1 heterocycles. The van der Waals surface area contributed by atoms with Crippen molar-refractivity contribution in [2.45, 2.75) is 25.4 Å². The SMILES string of the molecule is COCCCCNC(=O)C1CC(C(=O)O)=NO1. The van der Waals surface area contributed by atoms with Crippen molar-refractivity contribution in [3.63, 3.8) is 0 Å². The number of ether oxygens (including phenoxy) is 1. The van der Waals surface area contributed by atoms with Crippen LogP contribution in [0.3, 0.4) is 0 Å². The quantitative estimate of drug-likeness (QED) is 0.602. The summed E-state index contributed by atoms with van der Waals surface area (Å²) >= 11 is 0. The van der Waals surface area contributed by atoms with Gasteiger partial charge in [0.25, 0.3) is 5.91 Å². The van der Waals surface area contributed by atoms with Crippen molar-refractivity contribution in [1.82, 2.24) is 5.32 Å². The number of carbonyl (C=O) groups is 2. The minimum absolute atomic E-state index is 0.0131. The summed E-state index contributed by atoms with van der Waals surface area (Å²) in [6, 6.07) is 0. The van der Waals surface area contributed by atoms with Crippen LogP contribution in [-0.2, 0) is 19.2 Å². The van der Waals surface area contributed by atoms with E-state index in [9.17, 15) is 9.59 Å². The van der Waals surface area contributed by atoms with Crippen molar-refractivity contribution in [2.24, 2.45) is 5.16 Å². The van der Waals surface area contributed by atoms with Crippen LogP contribution in [0.5, 0.6) is 0 Å². The number of carbonyl (C=O) groups excluding carboxylic acids is 1. The Morgan fingerprint density at radius 2 is 2.35 bits per heavy atom. The number of carboxylic acids is 1. The van der Waals surface area contributed by atoms with Gasteiger partial charge in [0, 0.05) is 26.7 Å². The van der Waals surface area contributed by atoms with Crippen LogP contribution >= 0.6 is 0 Å². The molecule has 7 heteroatoms. The molecule has 2 N–H and O–H groups in total. The molecule has 1 amide bonds. The molecule has 1 aliphatic heterocycles. The summed E-state index contributed by atoms with van der Waals surface area (Å²) in [7, 11) is 1.62. The van der Waals surface area contributed by atoms with E-state index >= 15 is 0 Å². The van der Waals surface area contributed by atoms with Crippen molar-refractivity contribution in [3.05, 3.63) is 0 Å². The maximum Gasteiger partial charge on any atom is 0.353 e. The van der Waals surface area contributed by atoms with Gasteiger partial charge in [-0.1, -0.05) is 5.16 Å². The first-order valence-corrected chi connectivity index (χ1v) is 5.37. The predicted molar refractivity (Wildman–Crippen MR) is 58.7 cm³/mol. The molecular formula is C10H16N2O5. The monoisotopic (exact) mass is 244 g/mol. The molecule has 1 aliphatic rings. The van der Waals surface area contributed by atoms with E-state index in [1.807, 2.05) is 0 Å². The van der Waals surface area contributed by atoms with E-state index in [-0.39, 0.29) is 18.0 Å². The van der Waals surface area contributed by atoms with Crippen LogP contribution in [0.15, 0.2) is 5.16 Å². The Labute approximate surface area is 98.8 Å². The molecule has 17 heavy (non-hydrogen) atoms. The number of hydrogen-bond acceptors (Lipinski definition) is 5. The van der Waals surface area contributed by atoms with Crippen molar-refractivity contribution in [1.29, 1.82) is 0 Å². The third-order valence-electron chi connectivity index (χ3n) is 2.28. The smallest absolute Gasteiger partial charge is 0.353 e. The van der Waals surface area contributed by atoms with Gasteiger partial charge in [-0.05, 0) is 12.8 Å². The molecule has 0 bridgehead atoms. The summed E-state index contributed by atoms with van der Waals surface area (Å²) in [4.78, 5) is 26.8. The normalized spacial score (nSPS) is 18.4. The first-order valence-electron chi connectivity index (χ1n) is 5.37. The largest absolute Gasteiger partial charge is 0.477 e. The van der Waals surface area contributed by atoms with E-state index in [0.717, 1.165) is 12.8 Å². The summed E-state index contributed by atoms with van der Waals surface area (Å²) in [6.07, 6.45) is 0.862. The number of methoxy groups -OCH3 is 1. The summed E-state index contributed by atoms with van der Waals surface area (Å²) in [5.74, 6) is -1.48. The van der Waals surface area contributed by atoms with Gasteiger partial charge in [-0.3, -0.25) is 4.79 Å². The summed E-state index contributed by atoms with van der Waals surface area (Å²) in [5.41, 5.74) is -0.121. The van der Waals surface area contributed by atoms with Crippen molar-refractivity contribution in [2.75, 3.05) is 20.3 Å². The molecule has 1 rings (SSSR count). The Morgan fingerprint density at radius 1 is 1.59 bits per heavy atom. The second-order valence-corrected chi connectivity index (χ2v) is 3.63. The number of oxime groups is 1. The third kappa shape index (κ3) is 4.39. The molecule has 0 aromatic carbocycles. The van der Waals surface area contributed by atoms with Crippen molar-refractivity contribution in [3.8, 4) is 0 Å². The molecule has 0 saturated heterocycles. The molecule has 1 unspecified atom stereocenters. The summed E-state index contributed by atoms with van der Waals surface area (Å²) in [6.45, 7) is 1.17. The van der Waals surface area contributed by atoms with Gasteiger partial charge in [-0.15, -0.1) is 0 Å². The highest BCUT2D eigenvalue weighted by molar-refractivity contribution is 6.36. The van der Waals surface area contributed by atoms with Crippen LogP contribution in [0.1, 0.15) is 19.3 Å². The van der Waals surface area contributed by atoms with Gasteiger partial charge in [-0.2, -0.15) is 0 Å². The van der Waals surface area contributed by atoms with Crippen LogP contribution in [0, 0.1) is 0 Å². The third-order valence-corrected chi connectivity index (χ3v) is 2.28. The van der Waals surface area contributed by atoms with E-state index in [1.165, 1.54) is 0 Å². The lowest BCUT2D eigenvalue weighted by Gasteiger charge is -2.08. The highest BCUT2D eigenvalue weighted by Gasteiger charge is 2.31. The average molecular weight is 244 g/mol. The number of aliphatic carboxylic acids is 1. The average Bonchev–Trinajstić information content (AvgIpc) is 2.78. The number of rotatable bonds is 7. The Kier molecular flexibility index (Phi) is 5.41.